The summed E-state index contributed by atoms with van der Waals surface area (Å²) in [5, 5.41) is 3.03. The van der Waals surface area contributed by atoms with Gasteiger partial charge in [0.1, 0.15) is 0 Å². The smallest absolute Gasteiger partial charge is 0.224 e. The van der Waals surface area contributed by atoms with Crippen LogP contribution in [0.5, 0.6) is 0 Å². The van der Waals surface area contributed by atoms with Gasteiger partial charge in [-0.05, 0) is 39.8 Å². The van der Waals surface area contributed by atoms with E-state index >= 15 is 0 Å². The molecule has 0 spiro atoms. The number of amides is 1. The third kappa shape index (κ3) is 3.82. The number of imidazole rings is 1. The number of rotatable bonds is 6. The van der Waals surface area contributed by atoms with Crippen molar-refractivity contribution in [3.05, 3.63) is 17.7 Å². The predicted octanol–water partition coefficient (Wildman–Crippen LogP) is 1.35. The van der Waals surface area contributed by atoms with Gasteiger partial charge in [0.2, 0.25) is 5.91 Å². The van der Waals surface area contributed by atoms with Crippen molar-refractivity contribution in [2.24, 2.45) is 5.92 Å². The summed E-state index contributed by atoms with van der Waals surface area (Å²) in [4.78, 5) is 18.7. The summed E-state index contributed by atoms with van der Waals surface area (Å²) in [5.74, 6) is 0.227. The predicted molar refractivity (Wildman–Crippen MR) is 79.5 cm³/mol. The van der Waals surface area contributed by atoms with E-state index in [0.717, 1.165) is 31.9 Å². The van der Waals surface area contributed by atoms with Crippen LogP contribution in [-0.2, 0) is 11.3 Å². The van der Waals surface area contributed by atoms with E-state index in [1.54, 1.807) is 0 Å². The fourth-order valence-electron chi connectivity index (χ4n) is 2.68. The molecule has 5 nitrogen and oxygen atoms in total. The van der Waals surface area contributed by atoms with Gasteiger partial charge in [-0.3, -0.25) is 4.79 Å². The average molecular weight is 278 g/mol. The number of nitrogens with zero attached hydrogens (tertiary/aromatic N) is 3. The average Bonchev–Trinajstić information content (AvgIpc) is 3.03. The highest BCUT2D eigenvalue weighted by Crippen LogP contribution is 2.10. The van der Waals surface area contributed by atoms with E-state index in [9.17, 15) is 4.79 Å². The highest BCUT2D eigenvalue weighted by atomic mass is 16.1. The van der Waals surface area contributed by atoms with Crippen molar-refractivity contribution in [1.82, 2.24) is 19.8 Å². The second kappa shape index (κ2) is 6.88. The van der Waals surface area contributed by atoms with E-state index in [2.05, 4.69) is 26.7 Å². The molecule has 1 aliphatic rings. The zero-order valence-corrected chi connectivity index (χ0v) is 12.9. The van der Waals surface area contributed by atoms with Crippen LogP contribution in [0.3, 0.4) is 0 Å². The summed E-state index contributed by atoms with van der Waals surface area (Å²) < 4.78 is 2.08. The number of aromatic nitrogens is 2. The van der Waals surface area contributed by atoms with Crippen LogP contribution in [0, 0.1) is 19.8 Å². The lowest BCUT2D eigenvalue weighted by molar-refractivity contribution is -0.125. The molecule has 5 heteroatoms. The number of hydrogen-bond acceptors (Lipinski definition) is 3. The van der Waals surface area contributed by atoms with Gasteiger partial charge in [-0.2, -0.15) is 0 Å². The molecule has 0 radical (unpaired) electrons. The Morgan fingerprint density at radius 1 is 1.40 bits per heavy atom. The standard InChI is InChI=1S/C15H26N4O/c1-12(10-18-7-4-5-8-18)15(20)16-6-9-19-11-17-13(2)14(19)3/h11-12H,4-10H2,1-3H3,(H,16,20)/t12-/m0/s1. The summed E-state index contributed by atoms with van der Waals surface area (Å²) in [5.41, 5.74) is 2.23. The van der Waals surface area contributed by atoms with Crippen LogP contribution in [0.15, 0.2) is 6.33 Å². The summed E-state index contributed by atoms with van der Waals surface area (Å²) in [7, 11) is 0. The van der Waals surface area contributed by atoms with Crippen molar-refractivity contribution < 1.29 is 4.79 Å². The lowest BCUT2D eigenvalue weighted by Crippen LogP contribution is -2.37. The van der Waals surface area contributed by atoms with Crippen LogP contribution in [0.25, 0.3) is 0 Å². The van der Waals surface area contributed by atoms with Crippen molar-refractivity contribution in [2.75, 3.05) is 26.2 Å². The van der Waals surface area contributed by atoms with E-state index in [1.807, 2.05) is 20.2 Å². The maximum atomic E-state index is 12.0. The monoisotopic (exact) mass is 278 g/mol. The van der Waals surface area contributed by atoms with Gasteiger partial charge in [0.15, 0.2) is 0 Å². The van der Waals surface area contributed by atoms with Crippen LogP contribution in [-0.4, -0.2) is 46.5 Å². The molecule has 112 valence electrons. The first-order valence-electron chi connectivity index (χ1n) is 7.56. The van der Waals surface area contributed by atoms with Gasteiger partial charge >= 0.3 is 0 Å². The molecule has 1 amide bonds. The van der Waals surface area contributed by atoms with Crippen LogP contribution < -0.4 is 5.32 Å². The van der Waals surface area contributed by atoms with E-state index in [1.165, 1.54) is 18.5 Å². The molecule has 0 aliphatic carbocycles. The van der Waals surface area contributed by atoms with Crippen LogP contribution in [0.1, 0.15) is 31.2 Å². The maximum Gasteiger partial charge on any atom is 0.224 e. The molecule has 20 heavy (non-hydrogen) atoms. The quantitative estimate of drug-likeness (QED) is 0.854. The third-order valence-corrected chi connectivity index (χ3v) is 4.18. The molecular formula is C15H26N4O. The Bertz CT molecular complexity index is 449. The number of nitrogens with one attached hydrogen (secondary N) is 1. The molecule has 1 atom stereocenters. The lowest BCUT2D eigenvalue weighted by Gasteiger charge is -2.19. The van der Waals surface area contributed by atoms with E-state index < -0.39 is 0 Å². The van der Waals surface area contributed by atoms with Crippen molar-refractivity contribution in [3.8, 4) is 0 Å². The minimum Gasteiger partial charge on any atom is -0.354 e. The lowest BCUT2D eigenvalue weighted by atomic mass is 10.1. The van der Waals surface area contributed by atoms with Gasteiger partial charge in [-0.25, -0.2) is 4.98 Å². The molecule has 0 saturated carbocycles. The van der Waals surface area contributed by atoms with Crippen molar-refractivity contribution in [3.63, 3.8) is 0 Å². The first-order chi connectivity index (χ1) is 9.58. The van der Waals surface area contributed by atoms with Gasteiger partial charge in [0, 0.05) is 31.2 Å². The molecule has 0 unspecified atom stereocenters. The molecule has 1 aromatic rings. The zero-order chi connectivity index (χ0) is 14.5. The van der Waals surface area contributed by atoms with Crippen molar-refractivity contribution >= 4 is 5.91 Å². The van der Waals surface area contributed by atoms with Crippen LogP contribution >= 0.6 is 0 Å². The van der Waals surface area contributed by atoms with Gasteiger partial charge in [-0.15, -0.1) is 0 Å². The van der Waals surface area contributed by atoms with Crippen LogP contribution in [0.4, 0.5) is 0 Å². The Morgan fingerprint density at radius 2 is 2.10 bits per heavy atom. The number of carbonyl (C=O) groups excluding carboxylic acids is 1. The van der Waals surface area contributed by atoms with Gasteiger partial charge in [-0.1, -0.05) is 6.92 Å². The molecule has 0 aromatic carbocycles. The molecule has 1 aliphatic heterocycles. The van der Waals surface area contributed by atoms with Crippen molar-refractivity contribution in [1.29, 1.82) is 0 Å². The van der Waals surface area contributed by atoms with Crippen molar-refractivity contribution in [2.45, 2.75) is 40.2 Å². The zero-order valence-electron chi connectivity index (χ0n) is 12.9. The number of likely N-dealkylation sites (tertiary alicyclic amines) is 1. The minimum atomic E-state index is 0.0683. The minimum absolute atomic E-state index is 0.0683. The third-order valence-electron chi connectivity index (χ3n) is 4.18. The number of aryl methyl sites for hydroxylation is 1. The Balaban J connectivity index is 1.70. The SMILES string of the molecule is Cc1ncn(CCNC(=O)[C@@H](C)CN2CCCC2)c1C. The van der Waals surface area contributed by atoms with Crippen LogP contribution in [0.2, 0.25) is 0 Å². The summed E-state index contributed by atoms with van der Waals surface area (Å²) in [6, 6.07) is 0. The summed E-state index contributed by atoms with van der Waals surface area (Å²) >= 11 is 0. The Kier molecular flexibility index (Phi) is 5.17. The molecule has 0 bridgehead atoms. The topological polar surface area (TPSA) is 50.2 Å². The normalized spacial score (nSPS) is 17.4. The summed E-state index contributed by atoms with van der Waals surface area (Å²) in [6.07, 6.45) is 4.38. The van der Waals surface area contributed by atoms with Gasteiger partial charge < -0.3 is 14.8 Å². The highest BCUT2D eigenvalue weighted by molar-refractivity contribution is 5.78. The Morgan fingerprint density at radius 3 is 2.70 bits per heavy atom. The first-order valence-corrected chi connectivity index (χ1v) is 7.56. The number of hydrogen-bond donors (Lipinski definition) is 1. The Hall–Kier alpha value is -1.36. The molecule has 2 heterocycles. The molecule has 1 fully saturated rings. The molecular weight excluding hydrogens is 252 g/mol. The highest BCUT2D eigenvalue weighted by Gasteiger charge is 2.19. The van der Waals surface area contributed by atoms with E-state index in [4.69, 9.17) is 0 Å². The fraction of sp³-hybridized carbons (Fsp3) is 0.733. The van der Waals surface area contributed by atoms with E-state index in [-0.39, 0.29) is 11.8 Å². The maximum absolute atomic E-state index is 12.0. The largest absolute Gasteiger partial charge is 0.354 e. The fourth-order valence-corrected chi connectivity index (χ4v) is 2.68. The molecule has 1 saturated heterocycles. The Labute approximate surface area is 121 Å². The molecule has 1 aromatic heterocycles. The second-order valence-corrected chi connectivity index (χ2v) is 5.81. The second-order valence-electron chi connectivity index (χ2n) is 5.81. The van der Waals surface area contributed by atoms with E-state index in [0.29, 0.717) is 6.54 Å². The van der Waals surface area contributed by atoms with Gasteiger partial charge in [0.05, 0.1) is 12.0 Å². The van der Waals surface area contributed by atoms with Gasteiger partial charge in [0.25, 0.3) is 0 Å². The molecule has 2 rings (SSSR count). The summed E-state index contributed by atoms with van der Waals surface area (Å²) in [6.45, 7) is 10.7. The number of carbonyl (C=O) groups is 1. The molecule has 1 N–H and O–H groups in total. The first kappa shape index (κ1) is 15.0.